The Morgan fingerprint density at radius 2 is 1.59 bits per heavy atom. The van der Waals surface area contributed by atoms with Gasteiger partial charge in [0.2, 0.25) is 0 Å². The van der Waals surface area contributed by atoms with Crippen molar-refractivity contribution < 1.29 is 19.4 Å². The lowest BCUT2D eigenvalue weighted by Crippen LogP contribution is -2.22. The van der Waals surface area contributed by atoms with E-state index in [9.17, 15) is 14.7 Å². The number of hydrogen-bond acceptors (Lipinski definition) is 6. The molecule has 3 rings (SSSR count). The second-order valence-corrected chi connectivity index (χ2v) is 10.2. The number of hydrazone groups is 1. The van der Waals surface area contributed by atoms with Gasteiger partial charge in [-0.1, -0.05) is 58.9 Å². The summed E-state index contributed by atoms with van der Waals surface area (Å²) in [5.74, 6) is -0.776. The maximum absolute atomic E-state index is 12.6. The summed E-state index contributed by atoms with van der Waals surface area (Å²) >= 11 is 1.44. The number of methoxy groups -OCH3 is 1. The van der Waals surface area contributed by atoms with Gasteiger partial charge in [0.15, 0.2) is 0 Å². The van der Waals surface area contributed by atoms with E-state index >= 15 is 0 Å². The van der Waals surface area contributed by atoms with Crippen LogP contribution in [0.25, 0.3) is 10.4 Å². The molecule has 0 saturated heterocycles. The number of thiophene rings is 1. The van der Waals surface area contributed by atoms with Crippen molar-refractivity contribution in [3.63, 3.8) is 0 Å². The van der Waals surface area contributed by atoms with E-state index in [-0.39, 0.29) is 17.1 Å². The highest BCUT2D eigenvalue weighted by molar-refractivity contribution is 7.14. The Hall–Kier alpha value is -3.45. The van der Waals surface area contributed by atoms with E-state index in [1.807, 2.05) is 31.4 Å². The van der Waals surface area contributed by atoms with Crippen molar-refractivity contribution in [1.82, 2.24) is 5.43 Å². The molecule has 0 unspecified atom stereocenters. The van der Waals surface area contributed by atoms with Crippen LogP contribution in [0.2, 0.25) is 0 Å². The van der Waals surface area contributed by atoms with Crippen LogP contribution in [0.1, 0.15) is 66.5 Å². The third-order valence-corrected chi connectivity index (χ3v) is 6.47. The normalized spacial score (nSPS) is 12.0. The zero-order valence-electron chi connectivity index (χ0n) is 20.3. The van der Waals surface area contributed by atoms with Gasteiger partial charge in [-0.15, -0.1) is 11.3 Å². The minimum atomic E-state index is -0.469. The third kappa shape index (κ3) is 5.54. The second kappa shape index (κ2) is 10.2. The Balaban J connectivity index is 1.83. The van der Waals surface area contributed by atoms with Crippen LogP contribution < -0.4 is 5.43 Å². The lowest BCUT2D eigenvalue weighted by atomic mass is 9.86. The van der Waals surface area contributed by atoms with E-state index in [0.717, 1.165) is 10.4 Å². The van der Waals surface area contributed by atoms with Gasteiger partial charge < -0.3 is 9.84 Å². The maximum Gasteiger partial charge on any atom is 0.337 e. The number of carbonyl (C=O) groups excluding carboxylic acids is 2. The SMILES string of the molecule is COC(=O)c1ccc(C(=O)NN=C(c2csc(-c3ccc(C(C)(C)C)cc3)c2O)C(C)C)cc1. The molecule has 2 aromatic carbocycles. The Bertz CT molecular complexity index is 1200. The van der Waals surface area contributed by atoms with Crippen LogP contribution in [-0.2, 0) is 10.2 Å². The fourth-order valence-corrected chi connectivity index (χ4v) is 4.37. The standard InChI is InChI=1S/C27H30N2O4S/c1-16(2)22(28-29-25(31)18-7-9-19(10-8-18)26(32)33-6)21-15-34-24(23(21)30)17-11-13-20(14-12-17)27(3,4)5/h7-16,30H,1-6H3,(H,29,31). The molecular weight excluding hydrogens is 448 g/mol. The van der Waals surface area contributed by atoms with E-state index in [4.69, 9.17) is 0 Å². The van der Waals surface area contributed by atoms with Crippen molar-refractivity contribution in [3.05, 3.63) is 76.2 Å². The number of esters is 1. The number of aromatic hydroxyl groups is 1. The fraction of sp³-hybridized carbons (Fsp3) is 0.296. The average molecular weight is 479 g/mol. The molecule has 0 radical (unpaired) electrons. The van der Waals surface area contributed by atoms with Gasteiger partial charge >= 0.3 is 5.97 Å². The number of carbonyl (C=O) groups is 2. The van der Waals surface area contributed by atoms with Gasteiger partial charge in [0.05, 0.1) is 28.8 Å². The average Bonchev–Trinajstić information content (AvgIpc) is 3.19. The predicted octanol–water partition coefficient (Wildman–Crippen LogP) is 5.99. The minimum absolute atomic E-state index is 0.0429. The number of hydrogen-bond donors (Lipinski definition) is 2. The molecule has 1 amide bonds. The molecule has 0 aliphatic carbocycles. The summed E-state index contributed by atoms with van der Waals surface area (Å²) in [6.45, 7) is 10.4. The van der Waals surface area contributed by atoms with Gasteiger partial charge in [-0.2, -0.15) is 5.10 Å². The van der Waals surface area contributed by atoms with Crippen molar-refractivity contribution in [3.8, 4) is 16.2 Å². The summed E-state index contributed by atoms with van der Waals surface area (Å²) in [6, 6.07) is 14.3. The van der Waals surface area contributed by atoms with E-state index in [1.54, 1.807) is 0 Å². The molecule has 34 heavy (non-hydrogen) atoms. The first-order valence-electron chi connectivity index (χ1n) is 11.0. The largest absolute Gasteiger partial charge is 0.506 e. The topological polar surface area (TPSA) is 88.0 Å². The number of nitrogens with one attached hydrogen (secondary N) is 1. The van der Waals surface area contributed by atoms with Gasteiger partial charge in [0.1, 0.15) is 5.75 Å². The molecule has 178 valence electrons. The van der Waals surface area contributed by atoms with Crippen LogP contribution in [0, 0.1) is 5.92 Å². The molecule has 0 aliphatic rings. The molecule has 0 bridgehead atoms. The molecule has 0 fully saturated rings. The molecule has 7 heteroatoms. The summed E-state index contributed by atoms with van der Waals surface area (Å²) in [7, 11) is 1.30. The molecular formula is C27H30N2O4S. The van der Waals surface area contributed by atoms with Crippen molar-refractivity contribution in [2.24, 2.45) is 11.0 Å². The van der Waals surface area contributed by atoms with Crippen LogP contribution in [-0.4, -0.2) is 29.8 Å². The van der Waals surface area contributed by atoms with Crippen molar-refractivity contribution in [2.45, 2.75) is 40.0 Å². The molecule has 3 aromatic rings. The third-order valence-electron chi connectivity index (χ3n) is 5.45. The van der Waals surface area contributed by atoms with Gasteiger partial charge in [-0.3, -0.25) is 4.79 Å². The van der Waals surface area contributed by atoms with Crippen molar-refractivity contribution in [1.29, 1.82) is 0 Å². The second-order valence-electron chi connectivity index (χ2n) is 9.32. The van der Waals surface area contributed by atoms with Gasteiger partial charge in [0, 0.05) is 10.9 Å². The molecule has 6 nitrogen and oxygen atoms in total. The number of nitrogens with zero attached hydrogens (tertiary/aromatic N) is 1. The molecule has 0 saturated carbocycles. The first-order chi connectivity index (χ1) is 16.0. The summed E-state index contributed by atoms with van der Waals surface area (Å²) in [5.41, 5.74) is 6.65. The molecule has 1 aromatic heterocycles. The molecule has 0 atom stereocenters. The Kier molecular flexibility index (Phi) is 7.57. The first kappa shape index (κ1) is 25.2. The Morgan fingerprint density at radius 3 is 2.12 bits per heavy atom. The van der Waals surface area contributed by atoms with Crippen LogP contribution in [0.3, 0.4) is 0 Å². The van der Waals surface area contributed by atoms with Gasteiger partial charge in [-0.25, -0.2) is 10.2 Å². The lowest BCUT2D eigenvalue weighted by Gasteiger charge is -2.19. The monoisotopic (exact) mass is 478 g/mol. The van der Waals surface area contributed by atoms with Crippen molar-refractivity contribution >= 4 is 28.9 Å². The summed E-state index contributed by atoms with van der Waals surface area (Å²) in [6.07, 6.45) is 0. The predicted molar refractivity (Wildman–Crippen MR) is 137 cm³/mol. The summed E-state index contributed by atoms with van der Waals surface area (Å²) < 4.78 is 4.67. The quantitative estimate of drug-likeness (QED) is 0.259. The fourth-order valence-electron chi connectivity index (χ4n) is 3.41. The van der Waals surface area contributed by atoms with Crippen LogP contribution in [0.15, 0.2) is 59.0 Å². The van der Waals surface area contributed by atoms with E-state index < -0.39 is 11.9 Å². The maximum atomic E-state index is 12.6. The van der Waals surface area contributed by atoms with Crippen LogP contribution in [0.5, 0.6) is 5.75 Å². The molecule has 0 aliphatic heterocycles. The Morgan fingerprint density at radius 1 is 1.00 bits per heavy atom. The van der Waals surface area contributed by atoms with E-state index in [1.165, 1.54) is 48.3 Å². The number of ether oxygens (including phenoxy) is 1. The molecule has 2 N–H and O–H groups in total. The Labute approximate surface area is 204 Å². The van der Waals surface area contributed by atoms with Crippen LogP contribution >= 0.6 is 11.3 Å². The summed E-state index contributed by atoms with van der Waals surface area (Å²) in [5, 5.41) is 17.2. The molecule has 0 spiro atoms. The van der Waals surface area contributed by atoms with Crippen LogP contribution in [0.4, 0.5) is 0 Å². The first-order valence-corrected chi connectivity index (χ1v) is 11.9. The smallest absolute Gasteiger partial charge is 0.337 e. The highest BCUT2D eigenvalue weighted by Crippen LogP contribution is 2.40. The highest BCUT2D eigenvalue weighted by atomic mass is 32.1. The summed E-state index contributed by atoms with van der Waals surface area (Å²) in [4.78, 5) is 24.9. The van der Waals surface area contributed by atoms with Crippen molar-refractivity contribution in [2.75, 3.05) is 7.11 Å². The number of rotatable bonds is 6. The number of benzene rings is 2. The zero-order valence-corrected chi connectivity index (χ0v) is 21.1. The lowest BCUT2D eigenvalue weighted by molar-refractivity contribution is 0.0600. The number of amides is 1. The highest BCUT2D eigenvalue weighted by Gasteiger charge is 2.21. The van der Waals surface area contributed by atoms with E-state index in [0.29, 0.717) is 22.4 Å². The van der Waals surface area contributed by atoms with E-state index in [2.05, 4.69) is 48.2 Å². The zero-order chi connectivity index (χ0) is 25.0. The van der Waals surface area contributed by atoms with Gasteiger partial charge in [0.25, 0.3) is 5.91 Å². The minimum Gasteiger partial charge on any atom is -0.506 e. The van der Waals surface area contributed by atoms with Gasteiger partial charge in [-0.05, 0) is 46.7 Å². The molecule has 1 heterocycles.